The lowest BCUT2D eigenvalue weighted by Gasteiger charge is -2.19. The quantitative estimate of drug-likeness (QED) is 0.172. The summed E-state index contributed by atoms with van der Waals surface area (Å²) in [7, 11) is -3.97. The maximum absolute atomic E-state index is 12.6. The summed E-state index contributed by atoms with van der Waals surface area (Å²) in [5.41, 5.74) is 7.62. The van der Waals surface area contributed by atoms with Gasteiger partial charge in [0.25, 0.3) is 0 Å². The van der Waals surface area contributed by atoms with E-state index in [1.165, 1.54) is 11.6 Å². The van der Waals surface area contributed by atoms with E-state index < -0.39 is 25.6 Å². The molecule has 146 valence electrons. The molecule has 0 saturated carbocycles. The molecular weight excluding hydrogens is 369 g/mol. The molecule has 0 aromatic heterocycles. The molecule has 0 aliphatic carbocycles. The summed E-state index contributed by atoms with van der Waals surface area (Å²) in [6.07, 6.45) is 1.75. The number of unbranched alkanes of at least 4 members (excludes halogenated alkanes) is 1. The zero-order valence-electron chi connectivity index (χ0n) is 14.9. The number of hydrogen-bond donors (Lipinski definition) is 3. The third kappa shape index (κ3) is 6.81. The molecule has 8 heteroatoms. The highest BCUT2D eigenvalue weighted by Gasteiger charge is 2.34. The fourth-order valence-corrected chi connectivity index (χ4v) is 4.16. The average Bonchev–Trinajstić information content (AvgIpc) is 2.66. The lowest BCUT2D eigenvalue weighted by molar-refractivity contribution is -0.150. The molecule has 0 saturated heterocycles. The van der Waals surface area contributed by atoms with E-state index in [4.69, 9.17) is 15.5 Å². The molecule has 2 rings (SSSR count). The number of rotatable bonds is 11. The molecule has 0 bridgehead atoms. The molecular formula is C19H24NO6P. The number of nitrogens with two attached hydrogens (primary N) is 1. The van der Waals surface area contributed by atoms with E-state index in [1.54, 1.807) is 18.2 Å². The first-order valence-corrected chi connectivity index (χ1v) is 10.4. The molecule has 7 nitrogen and oxygen atoms in total. The highest BCUT2D eigenvalue weighted by atomic mass is 31.2. The fraction of sp³-hybridized carbons (Fsp3) is 0.316. The van der Waals surface area contributed by atoms with Crippen LogP contribution in [0.5, 0.6) is 0 Å². The van der Waals surface area contributed by atoms with Gasteiger partial charge in [0.2, 0.25) is 0 Å². The fourth-order valence-electron chi connectivity index (χ4n) is 2.71. The summed E-state index contributed by atoms with van der Waals surface area (Å²) in [6.45, 7) is 0.0912. The number of hydrogen-bond acceptors (Lipinski definition) is 6. The van der Waals surface area contributed by atoms with Crippen molar-refractivity contribution in [2.24, 2.45) is 0 Å². The maximum atomic E-state index is 12.6. The topological polar surface area (TPSA) is 119 Å². The maximum Gasteiger partial charge on any atom is 0.359 e. The lowest BCUT2D eigenvalue weighted by atomic mass is 10.0. The Morgan fingerprint density at radius 2 is 1.85 bits per heavy atom. The summed E-state index contributed by atoms with van der Waals surface area (Å²) in [5, 5.41) is 18.5. The van der Waals surface area contributed by atoms with Gasteiger partial charge in [0.05, 0.1) is 18.7 Å². The SMILES string of the molecule is Nc1cccc(C(CP(=O)(OO)OCCCCc2ccccc2)C(=O)O)c1. The Morgan fingerprint density at radius 1 is 1.11 bits per heavy atom. The molecule has 2 unspecified atom stereocenters. The number of carbonyl (C=O) groups is 1. The Bertz CT molecular complexity index is 783. The molecule has 0 heterocycles. The van der Waals surface area contributed by atoms with E-state index in [2.05, 4.69) is 4.67 Å². The molecule has 2 aromatic carbocycles. The van der Waals surface area contributed by atoms with E-state index in [9.17, 15) is 14.5 Å². The van der Waals surface area contributed by atoms with Gasteiger partial charge < -0.3 is 15.4 Å². The predicted molar refractivity (Wildman–Crippen MR) is 103 cm³/mol. The standard InChI is InChI=1S/C19H24NO6P/c20-17-11-6-10-16(13-17)18(19(21)22)14-27(24,26-23)25-12-5-4-9-15-7-2-1-3-8-15/h1-3,6-8,10-11,13,18,23H,4-5,9,12,14,20H2,(H,21,22). The Hall–Kier alpha value is -2.18. The Kier molecular flexibility index (Phi) is 8.00. The van der Waals surface area contributed by atoms with Crippen molar-refractivity contribution in [2.75, 3.05) is 18.5 Å². The van der Waals surface area contributed by atoms with Gasteiger partial charge in [-0.1, -0.05) is 42.5 Å². The second kappa shape index (κ2) is 10.2. The second-order valence-corrected chi connectivity index (χ2v) is 8.22. The van der Waals surface area contributed by atoms with Gasteiger partial charge in [0.1, 0.15) is 0 Å². The molecule has 27 heavy (non-hydrogen) atoms. The smallest absolute Gasteiger partial charge is 0.359 e. The summed E-state index contributed by atoms with van der Waals surface area (Å²) in [4.78, 5) is 11.6. The normalized spacial score (nSPS) is 14.4. The average molecular weight is 393 g/mol. The molecule has 0 aliphatic rings. The van der Waals surface area contributed by atoms with Crippen LogP contribution in [-0.4, -0.2) is 29.1 Å². The van der Waals surface area contributed by atoms with Crippen molar-refractivity contribution >= 4 is 19.3 Å². The van der Waals surface area contributed by atoms with Gasteiger partial charge in [-0.15, -0.1) is 0 Å². The van der Waals surface area contributed by atoms with E-state index in [0.29, 0.717) is 17.7 Å². The minimum absolute atomic E-state index is 0.0912. The number of carboxylic acids is 1. The third-order valence-electron chi connectivity index (χ3n) is 4.13. The molecule has 2 atom stereocenters. The van der Waals surface area contributed by atoms with Crippen LogP contribution in [0.25, 0.3) is 0 Å². The van der Waals surface area contributed by atoms with Gasteiger partial charge in [-0.25, -0.2) is 5.26 Å². The zero-order valence-corrected chi connectivity index (χ0v) is 15.8. The van der Waals surface area contributed by atoms with Crippen LogP contribution in [-0.2, 0) is 25.0 Å². The number of carboxylic acid groups (broad SMARTS) is 1. The summed E-state index contributed by atoms with van der Waals surface area (Å²) >= 11 is 0. The minimum Gasteiger partial charge on any atom is -0.481 e. The highest BCUT2D eigenvalue weighted by Crippen LogP contribution is 2.50. The number of benzene rings is 2. The van der Waals surface area contributed by atoms with Crippen LogP contribution < -0.4 is 5.73 Å². The minimum atomic E-state index is -3.97. The van der Waals surface area contributed by atoms with Crippen molar-refractivity contribution in [1.82, 2.24) is 0 Å². The lowest BCUT2D eigenvalue weighted by Crippen LogP contribution is -2.18. The summed E-state index contributed by atoms with van der Waals surface area (Å²) in [5.74, 6) is -2.37. The van der Waals surface area contributed by atoms with Crippen molar-refractivity contribution in [3.63, 3.8) is 0 Å². The van der Waals surface area contributed by atoms with Crippen LogP contribution in [0.3, 0.4) is 0 Å². The van der Waals surface area contributed by atoms with Crippen molar-refractivity contribution in [3.8, 4) is 0 Å². The Balaban J connectivity index is 1.90. The largest absolute Gasteiger partial charge is 0.481 e. The van der Waals surface area contributed by atoms with Crippen molar-refractivity contribution in [2.45, 2.75) is 25.2 Å². The molecule has 4 N–H and O–H groups in total. The number of nitrogen functional groups attached to an aromatic ring is 1. The van der Waals surface area contributed by atoms with Crippen LogP contribution in [0.15, 0.2) is 54.6 Å². The molecule has 0 spiro atoms. The van der Waals surface area contributed by atoms with Crippen LogP contribution in [0.4, 0.5) is 5.69 Å². The zero-order chi connectivity index (χ0) is 19.7. The van der Waals surface area contributed by atoms with Crippen LogP contribution in [0.1, 0.15) is 29.9 Å². The molecule has 0 amide bonds. The Morgan fingerprint density at radius 3 is 2.48 bits per heavy atom. The van der Waals surface area contributed by atoms with Gasteiger partial charge >= 0.3 is 13.6 Å². The van der Waals surface area contributed by atoms with Gasteiger partial charge in [0.15, 0.2) is 0 Å². The monoisotopic (exact) mass is 393 g/mol. The highest BCUT2D eigenvalue weighted by molar-refractivity contribution is 7.53. The van der Waals surface area contributed by atoms with Gasteiger partial charge in [-0.2, -0.15) is 4.67 Å². The van der Waals surface area contributed by atoms with Gasteiger partial charge in [-0.05, 0) is 42.5 Å². The molecule has 0 aliphatic heterocycles. The molecule has 0 radical (unpaired) electrons. The second-order valence-electron chi connectivity index (χ2n) is 6.21. The first-order valence-electron chi connectivity index (χ1n) is 8.62. The number of aliphatic carboxylic acids is 1. The van der Waals surface area contributed by atoms with Crippen LogP contribution >= 0.6 is 7.60 Å². The number of anilines is 1. The first kappa shape index (κ1) is 21.1. The summed E-state index contributed by atoms with van der Waals surface area (Å²) in [6, 6.07) is 16.2. The van der Waals surface area contributed by atoms with E-state index in [1.807, 2.05) is 30.3 Å². The third-order valence-corrected chi connectivity index (χ3v) is 5.77. The van der Waals surface area contributed by atoms with E-state index in [0.717, 1.165) is 12.8 Å². The van der Waals surface area contributed by atoms with Gasteiger partial charge in [-0.3, -0.25) is 9.36 Å². The predicted octanol–water partition coefficient (Wildman–Crippen LogP) is 4.16. The van der Waals surface area contributed by atoms with Crippen molar-refractivity contribution < 1.29 is 28.9 Å². The van der Waals surface area contributed by atoms with Crippen LogP contribution in [0, 0.1) is 0 Å². The van der Waals surface area contributed by atoms with Crippen LogP contribution in [0.2, 0.25) is 0 Å². The molecule has 0 fully saturated rings. The summed E-state index contributed by atoms with van der Waals surface area (Å²) < 4.78 is 21.9. The van der Waals surface area contributed by atoms with E-state index >= 15 is 0 Å². The van der Waals surface area contributed by atoms with Gasteiger partial charge in [0, 0.05) is 5.69 Å². The number of aryl methyl sites for hydroxylation is 1. The first-order chi connectivity index (χ1) is 12.9. The van der Waals surface area contributed by atoms with Crippen molar-refractivity contribution in [1.29, 1.82) is 0 Å². The Labute approximate surface area is 158 Å². The molecule has 2 aromatic rings. The van der Waals surface area contributed by atoms with Crippen molar-refractivity contribution in [3.05, 3.63) is 65.7 Å². The van der Waals surface area contributed by atoms with E-state index in [-0.39, 0.29) is 6.61 Å².